The summed E-state index contributed by atoms with van der Waals surface area (Å²) in [6.45, 7) is 1.80. The van der Waals surface area contributed by atoms with E-state index in [-0.39, 0.29) is 11.9 Å². The fourth-order valence-electron chi connectivity index (χ4n) is 3.55. The van der Waals surface area contributed by atoms with Crippen LogP contribution in [0.3, 0.4) is 0 Å². The Hall–Kier alpha value is -1.75. The molecule has 0 spiro atoms. The number of halogens is 1. The molecular weight excluding hydrogens is 267 g/mol. The van der Waals surface area contributed by atoms with Gasteiger partial charge in [-0.25, -0.2) is 9.37 Å². The van der Waals surface area contributed by atoms with E-state index in [0.717, 1.165) is 31.1 Å². The number of rotatable bonds is 2. The first-order valence-electron chi connectivity index (χ1n) is 7.62. The molecule has 1 saturated heterocycles. The minimum atomic E-state index is -0.318. The molecule has 1 saturated carbocycles. The second-order valence-corrected chi connectivity index (χ2v) is 6.32. The Morgan fingerprint density at radius 1 is 1.05 bits per heavy atom. The molecule has 5 heteroatoms. The highest BCUT2D eigenvalue weighted by molar-refractivity contribution is 5.88. The Balaban J connectivity index is 1.73. The molecular formula is C16H19FN4. The molecule has 2 atom stereocenters. The van der Waals surface area contributed by atoms with Crippen LogP contribution in [0.5, 0.6) is 0 Å². The summed E-state index contributed by atoms with van der Waals surface area (Å²) in [5.41, 5.74) is 8.18. The molecule has 1 aliphatic carbocycles. The first-order chi connectivity index (χ1) is 10.2. The topological polar surface area (TPSA) is 55.0 Å². The Bertz CT molecular complexity index is 670. The molecule has 2 aromatic rings. The molecule has 0 amide bonds. The summed E-state index contributed by atoms with van der Waals surface area (Å²) < 4.78 is 13.9. The van der Waals surface area contributed by atoms with Crippen molar-refractivity contribution in [2.75, 3.05) is 18.0 Å². The predicted molar refractivity (Wildman–Crippen MR) is 80.5 cm³/mol. The maximum atomic E-state index is 13.9. The van der Waals surface area contributed by atoms with Crippen molar-refractivity contribution in [1.82, 2.24) is 9.97 Å². The van der Waals surface area contributed by atoms with Gasteiger partial charge in [-0.3, -0.25) is 4.98 Å². The molecule has 110 valence electrons. The van der Waals surface area contributed by atoms with Gasteiger partial charge in [-0.15, -0.1) is 0 Å². The van der Waals surface area contributed by atoms with Crippen molar-refractivity contribution >= 4 is 16.7 Å². The summed E-state index contributed by atoms with van der Waals surface area (Å²) in [6, 6.07) is 3.48. The lowest BCUT2D eigenvalue weighted by Gasteiger charge is -2.38. The molecule has 0 unspecified atom stereocenters. The largest absolute Gasteiger partial charge is 0.368 e. The maximum absolute atomic E-state index is 13.9. The fourth-order valence-corrected chi connectivity index (χ4v) is 3.55. The molecule has 2 N–H and O–H groups in total. The van der Waals surface area contributed by atoms with E-state index in [1.54, 1.807) is 6.20 Å². The van der Waals surface area contributed by atoms with E-state index in [9.17, 15) is 4.39 Å². The second-order valence-electron chi connectivity index (χ2n) is 6.32. The van der Waals surface area contributed by atoms with E-state index in [1.165, 1.54) is 25.1 Å². The van der Waals surface area contributed by atoms with Crippen molar-refractivity contribution < 1.29 is 4.39 Å². The summed E-state index contributed by atoms with van der Waals surface area (Å²) in [4.78, 5) is 10.7. The van der Waals surface area contributed by atoms with E-state index < -0.39 is 0 Å². The van der Waals surface area contributed by atoms with Crippen molar-refractivity contribution in [2.45, 2.75) is 25.3 Å². The molecule has 2 aliphatic rings. The number of aromatic nitrogens is 2. The first-order valence-corrected chi connectivity index (χ1v) is 7.62. The molecule has 1 aromatic heterocycles. The van der Waals surface area contributed by atoms with Crippen molar-refractivity contribution in [3.8, 4) is 0 Å². The summed E-state index contributed by atoms with van der Waals surface area (Å²) >= 11 is 0. The van der Waals surface area contributed by atoms with Crippen LogP contribution in [0.25, 0.3) is 11.0 Å². The highest BCUT2D eigenvalue weighted by Gasteiger charge is 2.37. The monoisotopic (exact) mass is 286 g/mol. The van der Waals surface area contributed by atoms with Crippen LogP contribution in [-0.4, -0.2) is 29.1 Å². The zero-order valence-corrected chi connectivity index (χ0v) is 11.9. The number of anilines is 1. The van der Waals surface area contributed by atoms with Crippen LogP contribution in [0.1, 0.15) is 19.3 Å². The van der Waals surface area contributed by atoms with E-state index in [4.69, 9.17) is 5.73 Å². The van der Waals surface area contributed by atoms with Gasteiger partial charge < -0.3 is 10.6 Å². The zero-order chi connectivity index (χ0) is 14.4. The zero-order valence-electron chi connectivity index (χ0n) is 11.9. The van der Waals surface area contributed by atoms with Gasteiger partial charge in [-0.05, 0) is 43.2 Å². The SMILES string of the molecule is N[C@@H]1C[C@H](C2CC2)CN(c2ccc(F)c3nccnc23)C1. The van der Waals surface area contributed by atoms with Crippen LogP contribution in [0.2, 0.25) is 0 Å². The van der Waals surface area contributed by atoms with Crippen LogP contribution in [-0.2, 0) is 0 Å². The van der Waals surface area contributed by atoms with Crippen molar-refractivity contribution in [1.29, 1.82) is 0 Å². The van der Waals surface area contributed by atoms with E-state index in [0.29, 0.717) is 17.0 Å². The molecule has 1 aliphatic heterocycles. The van der Waals surface area contributed by atoms with Gasteiger partial charge >= 0.3 is 0 Å². The minimum Gasteiger partial charge on any atom is -0.368 e. The number of hydrogen-bond donors (Lipinski definition) is 1. The van der Waals surface area contributed by atoms with E-state index >= 15 is 0 Å². The predicted octanol–water partition coefficient (Wildman–Crippen LogP) is 2.33. The summed E-state index contributed by atoms with van der Waals surface area (Å²) in [5.74, 6) is 1.17. The number of nitrogens with two attached hydrogens (primary N) is 1. The molecule has 4 nitrogen and oxygen atoms in total. The van der Waals surface area contributed by atoms with Crippen molar-refractivity contribution in [3.63, 3.8) is 0 Å². The number of piperidine rings is 1. The summed E-state index contributed by atoms with van der Waals surface area (Å²) in [5, 5.41) is 0. The molecule has 21 heavy (non-hydrogen) atoms. The summed E-state index contributed by atoms with van der Waals surface area (Å²) in [6.07, 6.45) is 6.91. The van der Waals surface area contributed by atoms with Gasteiger partial charge in [0.25, 0.3) is 0 Å². The lowest BCUT2D eigenvalue weighted by Crippen LogP contribution is -2.47. The van der Waals surface area contributed by atoms with E-state index in [1.807, 2.05) is 6.07 Å². The van der Waals surface area contributed by atoms with Crippen LogP contribution >= 0.6 is 0 Å². The van der Waals surface area contributed by atoms with E-state index in [2.05, 4.69) is 14.9 Å². The highest BCUT2D eigenvalue weighted by atomic mass is 19.1. The van der Waals surface area contributed by atoms with Crippen LogP contribution in [0, 0.1) is 17.7 Å². The maximum Gasteiger partial charge on any atom is 0.151 e. The van der Waals surface area contributed by atoms with Gasteiger partial charge in [0.15, 0.2) is 5.82 Å². The average molecular weight is 286 g/mol. The Morgan fingerprint density at radius 3 is 2.57 bits per heavy atom. The summed E-state index contributed by atoms with van der Waals surface area (Å²) in [7, 11) is 0. The number of benzene rings is 1. The lowest BCUT2D eigenvalue weighted by atomic mass is 9.90. The van der Waals surface area contributed by atoms with Crippen molar-refractivity contribution in [2.24, 2.45) is 17.6 Å². The third-order valence-corrected chi connectivity index (χ3v) is 4.70. The average Bonchev–Trinajstić information content (AvgIpc) is 3.32. The molecule has 0 radical (unpaired) electrons. The molecule has 4 rings (SSSR count). The second kappa shape index (κ2) is 4.91. The minimum absolute atomic E-state index is 0.182. The van der Waals surface area contributed by atoms with Crippen LogP contribution in [0.15, 0.2) is 24.5 Å². The smallest absolute Gasteiger partial charge is 0.151 e. The van der Waals surface area contributed by atoms with Gasteiger partial charge in [-0.2, -0.15) is 0 Å². The van der Waals surface area contributed by atoms with Crippen molar-refractivity contribution in [3.05, 3.63) is 30.3 Å². The molecule has 2 fully saturated rings. The third-order valence-electron chi connectivity index (χ3n) is 4.70. The van der Waals surface area contributed by atoms with Gasteiger partial charge in [-0.1, -0.05) is 0 Å². The Morgan fingerprint density at radius 2 is 1.81 bits per heavy atom. The third kappa shape index (κ3) is 2.35. The first kappa shape index (κ1) is 13.0. The van der Waals surface area contributed by atoms with Gasteiger partial charge in [0.05, 0.1) is 5.69 Å². The quantitative estimate of drug-likeness (QED) is 0.920. The van der Waals surface area contributed by atoms with Crippen LogP contribution < -0.4 is 10.6 Å². The molecule has 2 heterocycles. The fraction of sp³-hybridized carbons (Fsp3) is 0.500. The molecule has 0 bridgehead atoms. The van der Waals surface area contributed by atoms with Crippen LogP contribution in [0.4, 0.5) is 10.1 Å². The van der Waals surface area contributed by atoms with Gasteiger partial charge in [0, 0.05) is 31.5 Å². The number of hydrogen-bond acceptors (Lipinski definition) is 4. The standard InChI is InChI=1S/C16H19FN4/c17-13-3-4-14(16-15(13)19-5-6-20-16)21-8-11(10-1-2-10)7-12(18)9-21/h3-6,10-12H,1-2,7-9,18H2/t11-,12+/m0/s1. The van der Waals surface area contributed by atoms with Gasteiger partial charge in [0.2, 0.25) is 0 Å². The normalized spacial score (nSPS) is 26.3. The highest BCUT2D eigenvalue weighted by Crippen LogP contribution is 2.42. The number of fused-ring (bicyclic) bond motifs is 1. The lowest BCUT2D eigenvalue weighted by molar-refractivity contribution is 0.342. The Labute approximate surface area is 123 Å². The number of nitrogens with zero attached hydrogens (tertiary/aromatic N) is 3. The van der Waals surface area contributed by atoms with Gasteiger partial charge in [0.1, 0.15) is 11.0 Å². The molecule has 1 aromatic carbocycles. The Kier molecular flexibility index (Phi) is 3.03.